The van der Waals surface area contributed by atoms with E-state index in [9.17, 15) is 9.59 Å². The van der Waals surface area contributed by atoms with Crippen LogP contribution in [0, 0.1) is 5.92 Å². The summed E-state index contributed by atoms with van der Waals surface area (Å²) in [6.07, 6.45) is 6.66. The Morgan fingerprint density at radius 1 is 1.05 bits per heavy atom. The molecular formula is C14H24N2O3. The van der Waals surface area contributed by atoms with Crippen molar-refractivity contribution < 1.29 is 14.7 Å². The molecule has 1 aliphatic carbocycles. The van der Waals surface area contributed by atoms with Crippen LogP contribution in [-0.2, 0) is 9.59 Å². The number of carboxylic acid groups (broad SMARTS) is 1. The Kier molecular flexibility index (Phi) is 5.19. The van der Waals surface area contributed by atoms with Crippen molar-refractivity contribution in [1.29, 1.82) is 0 Å². The van der Waals surface area contributed by atoms with E-state index < -0.39 is 5.97 Å². The smallest absolute Gasteiger partial charge is 0.306 e. The van der Waals surface area contributed by atoms with E-state index in [0.717, 1.165) is 51.6 Å². The number of likely N-dealkylation sites (tertiary alicyclic amines) is 1. The van der Waals surface area contributed by atoms with Gasteiger partial charge in [0.05, 0.1) is 12.5 Å². The Hall–Kier alpha value is -1.10. The molecule has 19 heavy (non-hydrogen) atoms. The molecule has 0 radical (unpaired) electrons. The number of carbonyl (C=O) groups is 2. The molecule has 0 atom stereocenters. The highest BCUT2D eigenvalue weighted by molar-refractivity contribution is 5.78. The van der Waals surface area contributed by atoms with Crippen LogP contribution < -0.4 is 5.32 Å². The summed E-state index contributed by atoms with van der Waals surface area (Å²) < 4.78 is 0. The molecule has 1 aliphatic heterocycles. The molecule has 0 aromatic rings. The quantitative estimate of drug-likeness (QED) is 0.804. The van der Waals surface area contributed by atoms with Gasteiger partial charge in [0.1, 0.15) is 0 Å². The fourth-order valence-corrected chi connectivity index (χ4v) is 3.03. The molecule has 1 amide bonds. The molecule has 5 nitrogen and oxygen atoms in total. The molecule has 1 saturated heterocycles. The first kappa shape index (κ1) is 14.3. The van der Waals surface area contributed by atoms with Crippen molar-refractivity contribution >= 4 is 11.9 Å². The summed E-state index contributed by atoms with van der Waals surface area (Å²) in [5.41, 5.74) is 0. The van der Waals surface area contributed by atoms with Crippen molar-refractivity contribution in [2.75, 3.05) is 19.6 Å². The minimum Gasteiger partial charge on any atom is -0.481 e. The van der Waals surface area contributed by atoms with Crippen LogP contribution in [0.2, 0.25) is 0 Å². The monoisotopic (exact) mass is 268 g/mol. The lowest BCUT2D eigenvalue weighted by molar-refractivity contribution is -0.143. The van der Waals surface area contributed by atoms with Gasteiger partial charge in [-0.2, -0.15) is 0 Å². The molecule has 2 N–H and O–H groups in total. The van der Waals surface area contributed by atoms with Crippen molar-refractivity contribution in [3.63, 3.8) is 0 Å². The number of carboxylic acids is 1. The zero-order chi connectivity index (χ0) is 13.7. The number of rotatable bonds is 4. The minimum absolute atomic E-state index is 0.184. The number of aliphatic carboxylic acids is 1. The summed E-state index contributed by atoms with van der Waals surface area (Å²) in [4.78, 5) is 24.8. The number of piperidine rings is 1. The molecule has 2 aliphatic rings. The van der Waals surface area contributed by atoms with Crippen LogP contribution in [0.4, 0.5) is 0 Å². The lowest BCUT2D eigenvalue weighted by Gasteiger charge is -2.30. The van der Waals surface area contributed by atoms with Crippen LogP contribution in [0.25, 0.3) is 0 Å². The van der Waals surface area contributed by atoms with E-state index in [-0.39, 0.29) is 11.8 Å². The van der Waals surface area contributed by atoms with E-state index >= 15 is 0 Å². The van der Waals surface area contributed by atoms with Gasteiger partial charge in [-0.3, -0.25) is 9.59 Å². The highest BCUT2D eigenvalue weighted by Gasteiger charge is 2.26. The first-order valence-electron chi connectivity index (χ1n) is 7.41. The Morgan fingerprint density at radius 2 is 1.68 bits per heavy atom. The lowest BCUT2D eigenvalue weighted by Crippen LogP contribution is -2.44. The molecule has 0 unspecified atom stereocenters. The topological polar surface area (TPSA) is 69.6 Å². The Bertz CT molecular complexity index is 319. The second-order valence-electron chi connectivity index (χ2n) is 5.71. The maximum absolute atomic E-state index is 12.0. The van der Waals surface area contributed by atoms with E-state index in [1.54, 1.807) is 0 Å². The average molecular weight is 268 g/mol. The van der Waals surface area contributed by atoms with Crippen LogP contribution in [0.15, 0.2) is 0 Å². The van der Waals surface area contributed by atoms with Crippen molar-refractivity contribution in [3.8, 4) is 0 Å². The normalized spacial score (nSPS) is 28.1. The summed E-state index contributed by atoms with van der Waals surface area (Å²) in [7, 11) is 0. The lowest BCUT2D eigenvalue weighted by atomic mass is 9.86. The molecule has 2 fully saturated rings. The largest absolute Gasteiger partial charge is 0.481 e. The zero-order valence-electron chi connectivity index (χ0n) is 11.4. The molecule has 0 aromatic carbocycles. The first-order valence-corrected chi connectivity index (χ1v) is 7.41. The molecule has 1 saturated carbocycles. The van der Waals surface area contributed by atoms with Gasteiger partial charge in [-0.25, -0.2) is 0 Å². The first-order chi connectivity index (χ1) is 9.16. The van der Waals surface area contributed by atoms with Crippen LogP contribution in [0.1, 0.15) is 44.9 Å². The summed E-state index contributed by atoms with van der Waals surface area (Å²) in [5.74, 6) is -0.668. The maximum atomic E-state index is 12.0. The molecule has 0 spiro atoms. The Balaban J connectivity index is 1.66. The van der Waals surface area contributed by atoms with Crippen LogP contribution in [0.5, 0.6) is 0 Å². The Morgan fingerprint density at radius 3 is 2.26 bits per heavy atom. The number of nitrogens with one attached hydrogen (secondary N) is 1. The number of carbonyl (C=O) groups excluding carboxylic acids is 1. The van der Waals surface area contributed by atoms with Crippen molar-refractivity contribution in [2.45, 2.75) is 51.0 Å². The highest BCUT2D eigenvalue weighted by Crippen LogP contribution is 2.24. The van der Waals surface area contributed by atoms with Gasteiger partial charge in [-0.1, -0.05) is 0 Å². The second-order valence-corrected chi connectivity index (χ2v) is 5.71. The van der Waals surface area contributed by atoms with Crippen LogP contribution in [0.3, 0.4) is 0 Å². The molecule has 1 heterocycles. The van der Waals surface area contributed by atoms with Gasteiger partial charge in [0.15, 0.2) is 0 Å². The van der Waals surface area contributed by atoms with E-state index in [1.807, 2.05) is 4.90 Å². The summed E-state index contributed by atoms with van der Waals surface area (Å²) in [6, 6.07) is 0.310. The number of hydrogen-bond donors (Lipinski definition) is 2. The van der Waals surface area contributed by atoms with Gasteiger partial charge in [0, 0.05) is 19.1 Å². The predicted octanol–water partition coefficient (Wildman–Crippen LogP) is 1.23. The summed E-state index contributed by atoms with van der Waals surface area (Å²) in [5, 5.41) is 12.2. The molecule has 2 rings (SSSR count). The van der Waals surface area contributed by atoms with Crippen molar-refractivity contribution in [2.24, 2.45) is 5.92 Å². The number of nitrogens with zero attached hydrogens (tertiary/aromatic N) is 1. The fraction of sp³-hybridized carbons (Fsp3) is 0.857. The summed E-state index contributed by atoms with van der Waals surface area (Å²) >= 11 is 0. The fourth-order valence-electron chi connectivity index (χ4n) is 3.03. The number of hydrogen-bond acceptors (Lipinski definition) is 3. The molecule has 0 aromatic heterocycles. The SMILES string of the molecule is O=C(O)C1CCC(NCC(=O)N2CCCCC2)CC1. The van der Waals surface area contributed by atoms with E-state index in [4.69, 9.17) is 5.11 Å². The summed E-state index contributed by atoms with van der Waals surface area (Å²) in [6.45, 7) is 2.20. The van der Waals surface area contributed by atoms with Gasteiger partial charge in [-0.15, -0.1) is 0 Å². The van der Waals surface area contributed by atoms with Gasteiger partial charge in [0.2, 0.25) is 5.91 Å². The van der Waals surface area contributed by atoms with E-state index in [0.29, 0.717) is 12.6 Å². The Labute approximate surface area is 114 Å². The number of amides is 1. The molecule has 0 bridgehead atoms. The minimum atomic E-state index is -0.678. The molecule has 5 heteroatoms. The van der Waals surface area contributed by atoms with E-state index in [2.05, 4.69) is 5.32 Å². The standard InChI is InChI=1S/C14H24N2O3/c17-13(16-8-2-1-3-9-16)10-15-12-6-4-11(5-7-12)14(18)19/h11-12,15H,1-10H2,(H,18,19). The zero-order valence-corrected chi connectivity index (χ0v) is 11.4. The van der Waals surface area contributed by atoms with Gasteiger partial charge in [-0.05, 0) is 44.9 Å². The third-order valence-corrected chi connectivity index (χ3v) is 4.33. The van der Waals surface area contributed by atoms with Crippen LogP contribution >= 0.6 is 0 Å². The average Bonchev–Trinajstić information content (AvgIpc) is 2.46. The third kappa shape index (κ3) is 4.20. The maximum Gasteiger partial charge on any atom is 0.306 e. The van der Waals surface area contributed by atoms with Crippen LogP contribution in [-0.4, -0.2) is 47.6 Å². The van der Waals surface area contributed by atoms with Gasteiger partial charge in [0.25, 0.3) is 0 Å². The van der Waals surface area contributed by atoms with Gasteiger partial charge < -0.3 is 15.3 Å². The molecule has 108 valence electrons. The third-order valence-electron chi connectivity index (χ3n) is 4.33. The van der Waals surface area contributed by atoms with Crippen molar-refractivity contribution in [3.05, 3.63) is 0 Å². The second kappa shape index (κ2) is 6.89. The predicted molar refractivity (Wildman–Crippen MR) is 71.8 cm³/mol. The van der Waals surface area contributed by atoms with Gasteiger partial charge >= 0.3 is 5.97 Å². The highest BCUT2D eigenvalue weighted by atomic mass is 16.4. The van der Waals surface area contributed by atoms with E-state index in [1.165, 1.54) is 6.42 Å². The van der Waals surface area contributed by atoms with Crippen molar-refractivity contribution in [1.82, 2.24) is 10.2 Å². The molecular weight excluding hydrogens is 244 g/mol.